The second-order valence-electron chi connectivity index (χ2n) is 5.07. The lowest BCUT2D eigenvalue weighted by Crippen LogP contribution is -2.51. The highest BCUT2D eigenvalue weighted by atomic mass is 35.5. The molecule has 1 aromatic carbocycles. The van der Waals surface area contributed by atoms with Crippen LogP contribution in [-0.4, -0.2) is 54.5 Å². The number of carbonyl (C=O) groups is 1. The van der Waals surface area contributed by atoms with Crippen molar-refractivity contribution in [3.8, 4) is 5.75 Å². The van der Waals surface area contributed by atoms with E-state index in [1.165, 1.54) is 0 Å². The molecule has 0 bridgehead atoms. The summed E-state index contributed by atoms with van der Waals surface area (Å²) in [6.07, 6.45) is -0.575. The summed E-state index contributed by atoms with van der Waals surface area (Å²) in [4.78, 5) is 16.6. The van der Waals surface area contributed by atoms with Gasteiger partial charge in [0.15, 0.2) is 6.10 Å². The Morgan fingerprint density at radius 2 is 1.95 bits per heavy atom. The molecule has 1 aliphatic rings. The van der Waals surface area contributed by atoms with Crippen molar-refractivity contribution >= 4 is 29.1 Å². The van der Waals surface area contributed by atoms with Gasteiger partial charge in [-0.25, -0.2) is 0 Å². The number of halogens is 2. The van der Waals surface area contributed by atoms with E-state index in [0.29, 0.717) is 15.8 Å². The fraction of sp³-hybridized carbons (Fsp3) is 0.533. The molecule has 0 spiro atoms. The number of rotatable bonds is 4. The standard InChI is InChI=1S/C15H20Cl2N2O2/c1-3-18-7-9-19(10-8-18)15(20)11(2)21-13-6-4-5-12(16)14(13)17/h4-6,11H,3,7-10H2,1-2H3/t11-/m0/s1. The van der Waals surface area contributed by atoms with E-state index in [0.717, 1.165) is 32.7 Å². The lowest BCUT2D eigenvalue weighted by molar-refractivity contribution is -0.139. The number of ether oxygens (including phenoxy) is 1. The van der Waals surface area contributed by atoms with Crippen LogP contribution < -0.4 is 4.74 Å². The minimum atomic E-state index is -0.575. The van der Waals surface area contributed by atoms with E-state index in [4.69, 9.17) is 27.9 Å². The van der Waals surface area contributed by atoms with E-state index in [-0.39, 0.29) is 5.91 Å². The van der Waals surface area contributed by atoms with Crippen LogP contribution in [0.5, 0.6) is 5.75 Å². The smallest absolute Gasteiger partial charge is 0.263 e. The van der Waals surface area contributed by atoms with E-state index < -0.39 is 6.10 Å². The summed E-state index contributed by atoms with van der Waals surface area (Å²) in [5.41, 5.74) is 0. The van der Waals surface area contributed by atoms with Gasteiger partial charge in [-0.2, -0.15) is 0 Å². The van der Waals surface area contributed by atoms with Crippen molar-refractivity contribution in [3.05, 3.63) is 28.2 Å². The second-order valence-corrected chi connectivity index (χ2v) is 5.86. The average molecular weight is 331 g/mol. The number of carbonyl (C=O) groups excluding carboxylic acids is 1. The van der Waals surface area contributed by atoms with Crippen molar-refractivity contribution in [1.82, 2.24) is 9.80 Å². The van der Waals surface area contributed by atoms with Gasteiger partial charge in [-0.3, -0.25) is 4.79 Å². The van der Waals surface area contributed by atoms with E-state index in [1.54, 1.807) is 25.1 Å². The van der Waals surface area contributed by atoms with Gasteiger partial charge in [-0.05, 0) is 25.6 Å². The minimum absolute atomic E-state index is 0.0122. The normalized spacial score (nSPS) is 17.6. The molecule has 2 rings (SSSR count). The molecule has 1 saturated heterocycles. The van der Waals surface area contributed by atoms with Crippen LogP contribution in [0.3, 0.4) is 0 Å². The molecular weight excluding hydrogens is 311 g/mol. The maximum atomic E-state index is 12.4. The van der Waals surface area contributed by atoms with E-state index in [9.17, 15) is 4.79 Å². The Balaban J connectivity index is 1.95. The fourth-order valence-electron chi connectivity index (χ4n) is 2.36. The van der Waals surface area contributed by atoms with Gasteiger partial charge >= 0.3 is 0 Å². The summed E-state index contributed by atoms with van der Waals surface area (Å²) in [6.45, 7) is 8.19. The zero-order chi connectivity index (χ0) is 15.4. The Kier molecular flexibility index (Phi) is 5.73. The SMILES string of the molecule is CCN1CCN(C(=O)[C@H](C)Oc2cccc(Cl)c2Cl)CC1. The summed E-state index contributed by atoms with van der Waals surface area (Å²) in [7, 11) is 0. The van der Waals surface area contributed by atoms with Gasteiger partial charge in [-0.1, -0.05) is 36.2 Å². The minimum Gasteiger partial charge on any atom is -0.479 e. The maximum absolute atomic E-state index is 12.4. The summed E-state index contributed by atoms with van der Waals surface area (Å²) in [5, 5.41) is 0.764. The Morgan fingerprint density at radius 3 is 2.57 bits per heavy atom. The number of benzene rings is 1. The van der Waals surface area contributed by atoms with Gasteiger partial charge < -0.3 is 14.5 Å². The largest absolute Gasteiger partial charge is 0.479 e. The Bertz CT molecular complexity index is 502. The molecule has 116 valence electrons. The topological polar surface area (TPSA) is 32.8 Å². The van der Waals surface area contributed by atoms with Crippen LogP contribution >= 0.6 is 23.2 Å². The fourth-order valence-corrected chi connectivity index (χ4v) is 2.69. The van der Waals surface area contributed by atoms with Gasteiger partial charge in [0, 0.05) is 26.2 Å². The van der Waals surface area contributed by atoms with Gasteiger partial charge in [0.05, 0.1) is 5.02 Å². The molecular formula is C15H20Cl2N2O2. The van der Waals surface area contributed by atoms with Gasteiger partial charge in [-0.15, -0.1) is 0 Å². The Labute approximate surface area is 135 Å². The number of likely N-dealkylation sites (N-methyl/N-ethyl adjacent to an activating group) is 1. The van der Waals surface area contributed by atoms with Crippen LogP contribution in [0.25, 0.3) is 0 Å². The Hall–Kier alpha value is -0.970. The third kappa shape index (κ3) is 4.02. The van der Waals surface area contributed by atoms with Crippen molar-refractivity contribution < 1.29 is 9.53 Å². The highest BCUT2D eigenvalue weighted by Gasteiger charge is 2.26. The van der Waals surface area contributed by atoms with Crippen LogP contribution in [0.15, 0.2) is 18.2 Å². The number of hydrogen-bond donors (Lipinski definition) is 0. The second kappa shape index (κ2) is 7.34. The van der Waals surface area contributed by atoms with Gasteiger partial charge in [0.25, 0.3) is 5.91 Å². The van der Waals surface area contributed by atoms with Crippen molar-refractivity contribution in [2.45, 2.75) is 20.0 Å². The molecule has 1 atom stereocenters. The highest BCUT2D eigenvalue weighted by Crippen LogP contribution is 2.32. The number of hydrogen-bond acceptors (Lipinski definition) is 3. The lowest BCUT2D eigenvalue weighted by atomic mass is 10.2. The molecule has 21 heavy (non-hydrogen) atoms. The first-order valence-corrected chi connectivity index (χ1v) is 7.90. The molecule has 0 aliphatic carbocycles. The zero-order valence-electron chi connectivity index (χ0n) is 12.3. The van der Waals surface area contributed by atoms with Crippen molar-refractivity contribution in [3.63, 3.8) is 0 Å². The monoisotopic (exact) mass is 330 g/mol. The summed E-state index contributed by atoms with van der Waals surface area (Å²) in [6, 6.07) is 5.15. The van der Waals surface area contributed by atoms with Crippen molar-refractivity contribution in [2.24, 2.45) is 0 Å². The average Bonchev–Trinajstić information content (AvgIpc) is 2.51. The van der Waals surface area contributed by atoms with Crippen LogP contribution in [0.1, 0.15) is 13.8 Å². The van der Waals surface area contributed by atoms with E-state index in [2.05, 4.69) is 11.8 Å². The highest BCUT2D eigenvalue weighted by molar-refractivity contribution is 6.42. The zero-order valence-corrected chi connectivity index (χ0v) is 13.8. The molecule has 1 fully saturated rings. The van der Waals surface area contributed by atoms with E-state index >= 15 is 0 Å². The lowest BCUT2D eigenvalue weighted by Gasteiger charge is -2.35. The molecule has 1 heterocycles. The van der Waals surface area contributed by atoms with Gasteiger partial charge in [0.1, 0.15) is 10.8 Å². The van der Waals surface area contributed by atoms with Crippen LogP contribution in [0, 0.1) is 0 Å². The molecule has 0 aromatic heterocycles. The Morgan fingerprint density at radius 1 is 1.29 bits per heavy atom. The molecule has 0 saturated carbocycles. The number of nitrogens with zero attached hydrogens (tertiary/aromatic N) is 2. The molecule has 0 radical (unpaired) electrons. The van der Waals surface area contributed by atoms with Crippen LogP contribution in [0.4, 0.5) is 0 Å². The van der Waals surface area contributed by atoms with Crippen LogP contribution in [-0.2, 0) is 4.79 Å². The first kappa shape index (κ1) is 16.4. The summed E-state index contributed by atoms with van der Waals surface area (Å²) >= 11 is 12.0. The quantitative estimate of drug-likeness (QED) is 0.850. The molecule has 4 nitrogen and oxygen atoms in total. The van der Waals surface area contributed by atoms with Crippen molar-refractivity contribution in [2.75, 3.05) is 32.7 Å². The summed E-state index contributed by atoms with van der Waals surface area (Å²) < 4.78 is 5.67. The number of amides is 1. The van der Waals surface area contributed by atoms with Crippen molar-refractivity contribution in [1.29, 1.82) is 0 Å². The third-order valence-electron chi connectivity index (χ3n) is 3.70. The third-order valence-corrected chi connectivity index (χ3v) is 4.50. The van der Waals surface area contributed by atoms with E-state index in [1.807, 2.05) is 4.90 Å². The van der Waals surface area contributed by atoms with Gasteiger partial charge in [0.2, 0.25) is 0 Å². The molecule has 0 unspecified atom stereocenters. The summed E-state index contributed by atoms with van der Waals surface area (Å²) in [5.74, 6) is 0.430. The molecule has 1 aromatic rings. The number of piperazine rings is 1. The first-order chi connectivity index (χ1) is 10.0. The molecule has 1 amide bonds. The maximum Gasteiger partial charge on any atom is 0.263 e. The van der Waals surface area contributed by atoms with Crippen LogP contribution in [0.2, 0.25) is 10.0 Å². The molecule has 6 heteroatoms. The molecule has 1 aliphatic heterocycles. The first-order valence-electron chi connectivity index (χ1n) is 7.14. The predicted molar refractivity (Wildman–Crippen MR) is 85.2 cm³/mol. The predicted octanol–water partition coefficient (Wildman–Crippen LogP) is 2.92. The molecule has 0 N–H and O–H groups in total.